The van der Waals surface area contributed by atoms with Gasteiger partial charge in [0.1, 0.15) is 11.5 Å². The van der Waals surface area contributed by atoms with Crippen LogP contribution in [0.15, 0.2) is 72.8 Å². The first-order valence-electron chi connectivity index (χ1n) is 10.2. The van der Waals surface area contributed by atoms with Gasteiger partial charge in [0.15, 0.2) is 5.13 Å². The third kappa shape index (κ3) is 3.62. The Balaban J connectivity index is 1.69. The van der Waals surface area contributed by atoms with Crippen LogP contribution < -0.4 is 9.64 Å². The predicted molar refractivity (Wildman–Crippen MR) is 124 cm³/mol. The second kappa shape index (κ2) is 8.44. The van der Waals surface area contributed by atoms with E-state index < -0.39 is 17.7 Å². The van der Waals surface area contributed by atoms with Gasteiger partial charge in [-0.3, -0.25) is 24.5 Å². The largest absolute Gasteiger partial charge is 0.507 e. The molecule has 1 aromatic carbocycles. The molecule has 0 spiro atoms. The summed E-state index contributed by atoms with van der Waals surface area (Å²) < 4.78 is 6.38. The molecule has 0 saturated carbocycles. The topological polar surface area (TPSA) is 106 Å². The highest BCUT2D eigenvalue weighted by Gasteiger charge is 2.48. The number of anilines is 1. The summed E-state index contributed by atoms with van der Waals surface area (Å²) in [6.07, 6.45) is 6.19. The van der Waals surface area contributed by atoms with Crippen LogP contribution in [0.5, 0.6) is 5.75 Å². The van der Waals surface area contributed by atoms with E-state index >= 15 is 0 Å². The highest BCUT2D eigenvalue weighted by molar-refractivity contribution is 7.22. The van der Waals surface area contributed by atoms with E-state index in [0.29, 0.717) is 34.1 Å². The zero-order chi connectivity index (χ0) is 22.9. The molecule has 9 heteroatoms. The Labute approximate surface area is 192 Å². The molecule has 1 atom stereocenters. The van der Waals surface area contributed by atoms with Crippen molar-refractivity contribution < 1.29 is 19.4 Å². The SMILES string of the molecule is CCOc1ccc2nc(N3C(=O)C(=O)/C(=C(/O)c4ccncc4)C3c3cccnc3)sc2c1. The molecule has 1 N–H and O–H groups in total. The Hall–Kier alpha value is -4.11. The van der Waals surface area contributed by atoms with Crippen LogP contribution in [0.3, 0.4) is 0 Å². The normalized spacial score (nSPS) is 17.6. The second-order valence-corrected chi connectivity index (χ2v) is 8.26. The quantitative estimate of drug-likeness (QED) is 0.273. The van der Waals surface area contributed by atoms with Gasteiger partial charge in [-0.25, -0.2) is 4.98 Å². The molecule has 4 heterocycles. The number of hydrogen-bond acceptors (Lipinski definition) is 8. The molecule has 3 aromatic heterocycles. The standard InChI is InChI=1S/C24H18N4O4S/c1-2-32-16-5-6-17-18(12-16)33-24(27-17)28-20(15-4-3-9-26-13-15)19(22(30)23(28)31)21(29)14-7-10-25-11-8-14/h3-13,20,29H,2H2,1H3/b21-19+. The van der Waals surface area contributed by atoms with Crippen LogP contribution in [0, 0.1) is 0 Å². The summed E-state index contributed by atoms with van der Waals surface area (Å²) in [5.41, 5.74) is 1.64. The number of benzene rings is 1. The average Bonchev–Trinajstić information content (AvgIpc) is 3.38. The number of rotatable bonds is 5. The molecule has 5 rings (SSSR count). The zero-order valence-corrected chi connectivity index (χ0v) is 18.3. The van der Waals surface area contributed by atoms with Crippen molar-refractivity contribution in [2.75, 3.05) is 11.5 Å². The van der Waals surface area contributed by atoms with Crippen molar-refractivity contribution >= 4 is 44.1 Å². The van der Waals surface area contributed by atoms with Gasteiger partial charge in [-0.05, 0) is 48.9 Å². The third-order valence-corrected chi connectivity index (χ3v) is 6.28. The smallest absolute Gasteiger partial charge is 0.301 e. The molecule has 1 aliphatic rings. The molecule has 1 aliphatic heterocycles. The molecule has 33 heavy (non-hydrogen) atoms. The first kappa shape index (κ1) is 20.8. The number of amides is 1. The monoisotopic (exact) mass is 458 g/mol. The third-order valence-electron chi connectivity index (χ3n) is 5.26. The van der Waals surface area contributed by atoms with E-state index in [9.17, 15) is 14.7 Å². The lowest BCUT2D eigenvalue weighted by atomic mass is 9.97. The van der Waals surface area contributed by atoms with Crippen LogP contribution in [0.2, 0.25) is 0 Å². The first-order valence-corrected chi connectivity index (χ1v) is 11.0. The Bertz CT molecular complexity index is 1390. The minimum absolute atomic E-state index is 0.0199. The number of hydrogen-bond donors (Lipinski definition) is 1. The van der Waals surface area contributed by atoms with Crippen molar-refractivity contribution in [3.63, 3.8) is 0 Å². The van der Waals surface area contributed by atoms with Crippen LogP contribution in [-0.4, -0.2) is 38.4 Å². The number of pyridine rings is 2. The first-order chi connectivity index (χ1) is 16.1. The maximum atomic E-state index is 13.2. The fraction of sp³-hybridized carbons (Fsp3) is 0.125. The Kier molecular flexibility index (Phi) is 5.31. The molecular weight excluding hydrogens is 440 g/mol. The lowest BCUT2D eigenvalue weighted by Gasteiger charge is -2.22. The highest BCUT2D eigenvalue weighted by Crippen LogP contribution is 2.44. The highest BCUT2D eigenvalue weighted by atomic mass is 32.1. The number of carbonyl (C=O) groups excluding carboxylic acids is 2. The van der Waals surface area contributed by atoms with Crippen LogP contribution in [-0.2, 0) is 9.59 Å². The molecule has 164 valence electrons. The summed E-state index contributed by atoms with van der Waals surface area (Å²) in [6.45, 7) is 2.43. The lowest BCUT2D eigenvalue weighted by Crippen LogP contribution is -2.29. The Morgan fingerprint density at radius 2 is 1.94 bits per heavy atom. The maximum absolute atomic E-state index is 13.2. The molecule has 1 fully saturated rings. The number of fused-ring (bicyclic) bond motifs is 1. The zero-order valence-electron chi connectivity index (χ0n) is 17.5. The molecule has 4 aromatic rings. The minimum atomic E-state index is -0.876. The summed E-state index contributed by atoms with van der Waals surface area (Å²) in [5.74, 6) is -1.12. The van der Waals surface area contributed by atoms with E-state index in [4.69, 9.17) is 4.74 Å². The number of nitrogens with zero attached hydrogens (tertiary/aromatic N) is 4. The van der Waals surface area contributed by atoms with Crippen LogP contribution in [0.1, 0.15) is 24.1 Å². The van der Waals surface area contributed by atoms with E-state index in [1.54, 1.807) is 36.7 Å². The van der Waals surface area contributed by atoms with Crippen molar-refractivity contribution in [1.82, 2.24) is 15.0 Å². The van der Waals surface area contributed by atoms with Crippen molar-refractivity contribution in [2.24, 2.45) is 0 Å². The van der Waals surface area contributed by atoms with E-state index in [0.717, 1.165) is 4.70 Å². The molecule has 0 bridgehead atoms. The van der Waals surface area contributed by atoms with Crippen molar-refractivity contribution in [3.8, 4) is 5.75 Å². The van der Waals surface area contributed by atoms with Gasteiger partial charge in [-0.1, -0.05) is 17.4 Å². The number of ether oxygens (including phenoxy) is 1. The molecule has 1 unspecified atom stereocenters. The fourth-order valence-electron chi connectivity index (χ4n) is 3.80. The molecule has 0 aliphatic carbocycles. The summed E-state index contributed by atoms with van der Waals surface area (Å²) in [6, 6.07) is 11.2. The number of Topliss-reactive ketones (excluding diaryl/α,β-unsaturated/α-hetero) is 1. The average molecular weight is 458 g/mol. The Morgan fingerprint density at radius 3 is 2.67 bits per heavy atom. The van der Waals surface area contributed by atoms with Gasteiger partial charge in [0.25, 0.3) is 5.78 Å². The summed E-state index contributed by atoms with van der Waals surface area (Å²) in [7, 11) is 0. The van der Waals surface area contributed by atoms with E-state index in [1.165, 1.54) is 28.6 Å². The van der Waals surface area contributed by atoms with Gasteiger partial charge in [-0.2, -0.15) is 0 Å². The van der Waals surface area contributed by atoms with Crippen molar-refractivity contribution in [3.05, 3.63) is 84.0 Å². The molecule has 8 nitrogen and oxygen atoms in total. The molecule has 1 amide bonds. The van der Waals surface area contributed by atoms with E-state index in [-0.39, 0.29) is 11.3 Å². The number of ketones is 1. The summed E-state index contributed by atoms with van der Waals surface area (Å²) in [5, 5.41) is 11.4. The number of thiazole rings is 1. The number of carbonyl (C=O) groups is 2. The Morgan fingerprint density at radius 1 is 1.12 bits per heavy atom. The summed E-state index contributed by atoms with van der Waals surface area (Å²) >= 11 is 1.28. The van der Waals surface area contributed by atoms with Gasteiger partial charge >= 0.3 is 5.91 Å². The fourth-order valence-corrected chi connectivity index (χ4v) is 4.82. The van der Waals surface area contributed by atoms with E-state index in [2.05, 4.69) is 15.0 Å². The van der Waals surface area contributed by atoms with Gasteiger partial charge < -0.3 is 9.84 Å². The predicted octanol–water partition coefficient (Wildman–Crippen LogP) is 4.11. The minimum Gasteiger partial charge on any atom is -0.507 e. The molecule has 0 radical (unpaired) electrons. The van der Waals surface area contributed by atoms with Crippen LogP contribution in [0.25, 0.3) is 16.0 Å². The maximum Gasteiger partial charge on any atom is 0.301 e. The number of aliphatic hydroxyl groups excluding tert-OH is 1. The lowest BCUT2D eigenvalue weighted by molar-refractivity contribution is -0.132. The number of aromatic nitrogens is 3. The van der Waals surface area contributed by atoms with Crippen molar-refractivity contribution in [2.45, 2.75) is 13.0 Å². The van der Waals surface area contributed by atoms with Gasteiger partial charge in [0, 0.05) is 30.4 Å². The van der Waals surface area contributed by atoms with Crippen LogP contribution in [0.4, 0.5) is 5.13 Å². The second-order valence-electron chi connectivity index (χ2n) is 7.25. The summed E-state index contributed by atoms with van der Waals surface area (Å²) in [4.78, 5) is 40.4. The van der Waals surface area contributed by atoms with E-state index in [1.807, 2.05) is 25.1 Å². The van der Waals surface area contributed by atoms with Gasteiger partial charge in [0.2, 0.25) is 0 Å². The van der Waals surface area contributed by atoms with Gasteiger partial charge in [0.05, 0.1) is 28.4 Å². The van der Waals surface area contributed by atoms with Gasteiger partial charge in [-0.15, -0.1) is 0 Å². The number of aliphatic hydroxyl groups is 1. The molecule has 1 saturated heterocycles. The van der Waals surface area contributed by atoms with Crippen molar-refractivity contribution in [1.29, 1.82) is 0 Å². The molecular formula is C24H18N4O4S. The van der Waals surface area contributed by atoms with Crippen LogP contribution >= 0.6 is 11.3 Å².